The summed E-state index contributed by atoms with van der Waals surface area (Å²) in [7, 11) is 0. The van der Waals surface area contributed by atoms with Crippen LogP contribution in [0.1, 0.15) is 43.6 Å². The fourth-order valence-electron chi connectivity index (χ4n) is 2.96. The lowest BCUT2D eigenvalue weighted by molar-refractivity contribution is 0.107. The summed E-state index contributed by atoms with van der Waals surface area (Å²) in [5, 5.41) is 9.63. The Bertz CT molecular complexity index is 404. The lowest BCUT2D eigenvalue weighted by Crippen LogP contribution is -2.41. The molecule has 0 saturated heterocycles. The van der Waals surface area contributed by atoms with Crippen LogP contribution in [0, 0.1) is 0 Å². The highest BCUT2D eigenvalue weighted by atomic mass is 79.9. The van der Waals surface area contributed by atoms with Crippen molar-refractivity contribution in [1.29, 1.82) is 0 Å². The monoisotopic (exact) mass is 284 g/mol. The number of hydrogen-bond donors (Lipinski definition) is 1. The zero-order valence-corrected chi connectivity index (χ0v) is 11.0. The second-order valence-electron chi connectivity index (χ2n) is 5.07. The average Bonchev–Trinajstić information content (AvgIpc) is 2.58. The molecule has 1 aliphatic carbocycles. The van der Waals surface area contributed by atoms with Gasteiger partial charge in [0.2, 0.25) is 0 Å². The van der Waals surface area contributed by atoms with Gasteiger partial charge < -0.3 is 9.67 Å². The van der Waals surface area contributed by atoms with Crippen LogP contribution in [0.5, 0.6) is 0 Å². The van der Waals surface area contributed by atoms with Gasteiger partial charge in [0.05, 0.1) is 17.7 Å². The molecule has 2 heterocycles. The number of hydrogen-bond acceptors (Lipinski definition) is 2. The Hall–Kier alpha value is -0.350. The molecule has 0 atom stereocenters. The van der Waals surface area contributed by atoms with Crippen molar-refractivity contribution in [2.75, 3.05) is 6.61 Å². The van der Waals surface area contributed by atoms with Crippen molar-refractivity contribution in [3.8, 4) is 0 Å². The predicted molar refractivity (Wildman–Crippen MR) is 65.5 cm³/mol. The van der Waals surface area contributed by atoms with Crippen LogP contribution in [-0.2, 0) is 18.4 Å². The maximum absolute atomic E-state index is 9.63. The molecule has 0 amide bonds. The van der Waals surface area contributed by atoms with Crippen LogP contribution < -0.4 is 0 Å². The van der Waals surface area contributed by atoms with Gasteiger partial charge in [-0.2, -0.15) is 0 Å². The summed E-state index contributed by atoms with van der Waals surface area (Å²) in [6.45, 7) is 1.32. The van der Waals surface area contributed by atoms with E-state index in [4.69, 9.17) is 0 Å². The Labute approximate surface area is 104 Å². The van der Waals surface area contributed by atoms with Gasteiger partial charge in [0.1, 0.15) is 10.4 Å². The molecule has 0 aromatic carbocycles. The fraction of sp³-hybridized carbons (Fsp3) is 0.750. The summed E-state index contributed by atoms with van der Waals surface area (Å²) in [5.74, 6) is 1.13. The first kappa shape index (κ1) is 10.8. The molecule has 1 aromatic heterocycles. The van der Waals surface area contributed by atoms with Gasteiger partial charge in [-0.3, -0.25) is 0 Å². The highest BCUT2D eigenvalue weighted by Crippen LogP contribution is 2.44. The summed E-state index contributed by atoms with van der Waals surface area (Å²) < 4.78 is 3.35. The minimum absolute atomic E-state index is 0.0297. The first-order valence-corrected chi connectivity index (χ1v) is 6.92. The van der Waals surface area contributed by atoms with Crippen molar-refractivity contribution in [1.82, 2.24) is 9.55 Å². The Kier molecular flexibility index (Phi) is 2.59. The maximum Gasteiger partial charge on any atom is 0.127 e. The molecule has 1 N–H and O–H groups in total. The normalized spacial score (nSPS) is 22.6. The maximum atomic E-state index is 9.63. The van der Waals surface area contributed by atoms with Gasteiger partial charge in [0.15, 0.2) is 0 Å². The molecule has 0 radical (unpaired) electrons. The van der Waals surface area contributed by atoms with E-state index in [0.717, 1.165) is 36.2 Å². The standard InChI is InChI=1S/C12H17BrN2O/c13-10-9-4-1-2-7-15(9)11(14-10)12(8-16)5-3-6-12/h16H,1-8H2. The molecular weight excluding hydrogens is 268 g/mol. The molecule has 16 heavy (non-hydrogen) atoms. The highest BCUT2D eigenvalue weighted by Gasteiger charge is 2.43. The molecule has 1 aliphatic heterocycles. The smallest absolute Gasteiger partial charge is 0.127 e. The Morgan fingerprint density at radius 2 is 2.12 bits per heavy atom. The summed E-state index contributed by atoms with van der Waals surface area (Å²) in [5.41, 5.74) is 1.30. The van der Waals surface area contributed by atoms with Gasteiger partial charge >= 0.3 is 0 Å². The lowest BCUT2D eigenvalue weighted by atomic mass is 9.68. The molecule has 2 aliphatic rings. The highest BCUT2D eigenvalue weighted by molar-refractivity contribution is 9.10. The second kappa shape index (κ2) is 3.84. The van der Waals surface area contributed by atoms with E-state index in [2.05, 4.69) is 25.5 Å². The molecular formula is C12H17BrN2O. The number of aliphatic hydroxyl groups excluding tert-OH is 1. The van der Waals surface area contributed by atoms with E-state index in [1.807, 2.05) is 0 Å². The SMILES string of the molecule is OCC1(c2nc(Br)c3n2CCCC3)CCC1. The van der Waals surface area contributed by atoms with Crippen LogP contribution in [0.2, 0.25) is 0 Å². The topological polar surface area (TPSA) is 38.1 Å². The van der Waals surface area contributed by atoms with Crippen LogP contribution in [0.3, 0.4) is 0 Å². The van der Waals surface area contributed by atoms with E-state index < -0.39 is 0 Å². The van der Waals surface area contributed by atoms with Crippen molar-refractivity contribution >= 4 is 15.9 Å². The Morgan fingerprint density at radius 1 is 1.31 bits per heavy atom. The quantitative estimate of drug-likeness (QED) is 0.906. The summed E-state index contributed by atoms with van der Waals surface area (Å²) in [6.07, 6.45) is 7.02. The second-order valence-corrected chi connectivity index (χ2v) is 5.82. The summed E-state index contributed by atoms with van der Waals surface area (Å²) in [4.78, 5) is 4.68. The van der Waals surface area contributed by atoms with Crippen LogP contribution in [0.4, 0.5) is 0 Å². The average molecular weight is 285 g/mol. The van der Waals surface area contributed by atoms with Crippen molar-refractivity contribution in [2.24, 2.45) is 0 Å². The number of aromatic nitrogens is 2. The third-order valence-corrected chi connectivity index (χ3v) is 4.79. The van der Waals surface area contributed by atoms with E-state index in [9.17, 15) is 5.11 Å². The fourth-order valence-corrected chi connectivity index (χ4v) is 3.54. The van der Waals surface area contributed by atoms with E-state index in [-0.39, 0.29) is 12.0 Å². The summed E-state index contributed by atoms with van der Waals surface area (Å²) in [6, 6.07) is 0. The third-order valence-electron chi connectivity index (χ3n) is 4.16. The van der Waals surface area contributed by atoms with Crippen LogP contribution >= 0.6 is 15.9 Å². The van der Waals surface area contributed by atoms with Crippen molar-refractivity contribution in [3.63, 3.8) is 0 Å². The molecule has 1 fully saturated rings. The number of imidazole rings is 1. The number of aliphatic hydroxyl groups is 1. The number of halogens is 1. The van der Waals surface area contributed by atoms with Crippen LogP contribution in [-0.4, -0.2) is 21.3 Å². The number of rotatable bonds is 2. The minimum Gasteiger partial charge on any atom is -0.395 e. The molecule has 1 saturated carbocycles. The van der Waals surface area contributed by atoms with Crippen molar-refractivity contribution < 1.29 is 5.11 Å². The van der Waals surface area contributed by atoms with Crippen molar-refractivity contribution in [3.05, 3.63) is 16.1 Å². The van der Waals surface area contributed by atoms with Gasteiger partial charge in [-0.05, 0) is 48.0 Å². The third kappa shape index (κ3) is 1.39. The van der Waals surface area contributed by atoms with Crippen LogP contribution in [0.25, 0.3) is 0 Å². The molecule has 0 bridgehead atoms. The Morgan fingerprint density at radius 3 is 2.75 bits per heavy atom. The van der Waals surface area contributed by atoms with Crippen molar-refractivity contribution in [2.45, 2.75) is 50.5 Å². The van der Waals surface area contributed by atoms with Gasteiger partial charge in [-0.1, -0.05) is 6.42 Å². The molecule has 0 unspecified atom stereocenters. The first-order chi connectivity index (χ1) is 7.77. The van der Waals surface area contributed by atoms with Gasteiger partial charge in [0, 0.05) is 6.54 Å². The molecule has 88 valence electrons. The molecule has 1 aromatic rings. The number of fused-ring (bicyclic) bond motifs is 1. The van der Waals surface area contributed by atoms with Crippen LogP contribution in [0.15, 0.2) is 4.60 Å². The van der Waals surface area contributed by atoms with Gasteiger partial charge in [0.25, 0.3) is 0 Å². The zero-order chi connectivity index (χ0) is 11.2. The zero-order valence-electron chi connectivity index (χ0n) is 9.38. The van der Waals surface area contributed by atoms with E-state index in [1.54, 1.807) is 0 Å². The van der Waals surface area contributed by atoms with Gasteiger partial charge in [-0.15, -0.1) is 0 Å². The predicted octanol–water partition coefficient (Wildman–Crippen LogP) is 2.40. The van der Waals surface area contributed by atoms with E-state index >= 15 is 0 Å². The minimum atomic E-state index is -0.0297. The lowest BCUT2D eigenvalue weighted by Gasteiger charge is -2.40. The number of nitrogens with zero attached hydrogens (tertiary/aromatic N) is 2. The molecule has 4 heteroatoms. The summed E-state index contributed by atoms with van der Waals surface area (Å²) >= 11 is 3.56. The van der Waals surface area contributed by atoms with E-state index in [0.29, 0.717) is 0 Å². The molecule has 0 spiro atoms. The molecule has 3 nitrogen and oxygen atoms in total. The Balaban J connectivity index is 2.07. The van der Waals surface area contributed by atoms with E-state index in [1.165, 1.54) is 25.0 Å². The largest absolute Gasteiger partial charge is 0.395 e. The first-order valence-electron chi connectivity index (χ1n) is 6.13. The molecule has 3 rings (SSSR count). The van der Waals surface area contributed by atoms with Gasteiger partial charge in [-0.25, -0.2) is 4.98 Å².